The molecule has 62 heavy (non-hydrogen) atoms. The minimum absolute atomic E-state index is 0.0209. The van der Waals surface area contributed by atoms with Crippen molar-refractivity contribution in [1.82, 2.24) is 0 Å². The lowest BCUT2D eigenvalue weighted by molar-refractivity contribution is -0.929. The van der Waals surface area contributed by atoms with Crippen molar-refractivity contribution in [1.29, 1.82) is 0 Å². The van der Waals surface area contributed by atoms with Crippen LogP contribution >= 0.6 is 0 Å². The molecule has 0 heterocycles. The van der Waals surface area contributed by atoms with Gasteiger partial charge in [0.1, 0.15) is 26.3 Å². The molecule has 0 atom stereocenters. The van der Waals surface area contributed by atoms with Crippen molar-refractivity contribution in [2.45, 2.75) is 287 Å². The maximum absolute atomic E-state index is 12.2. The summed E-state index contributed by atoms with van der Waals surface area (Å²) < 4.78 is 13.7. The summed E-state index contributed by atoms with van der Waals surface area (Å²) in [5.41, 5.74) is 0. The Hall–Kier alpha value is -1.14. The summed E-state index contributed by atoms with van der Waals surface area (Å²) in [6.45, 7) is 28.9. The van der Waals surface area contributed by atoms with E-state index in [-0.39, 0.29) is 11.9 Å². The third-order valence-corrected chi connectivity index (χ3v) is 13.5. The van der Waals surface area contributed by atoms with Gasteiger partial charge in [-0.3, -0.25) is 9.59 Å². The Bertz CT molecular complexity index is 867. The van der Waals surface area contributed by atoms with E-state index in [9.17, 15) is 9.59 Å². The van der Waals surface area contributed by atoms with Crippen molar-refractivity contribution in [3.05, 3.63) is 0 Å². The first kappa shape index (κ1) is 62.9. The lowest BCUT2D eigenvalue weighted by Crippen LogP contribution is -2.52. The van der Waals surface area contributed by atoms with E-state index in [1.807, 2.05) is 0 Å². The predicted octanol–water partition coefficient (Wildman–Crippen LogP) is 16.9. The molecule has 0 fully saturated rings. The van der Waals surface area contributed by atoms with Crippen LogP contribution in [-0.2, 0) is 19.1 Å². The molecule has 0 saturated heterocycles. The van der Waals surface area contributed by atoms with Gasteiger partial charge in [0.05, 0.1) is 39.3 Å². The van der Waals surface area contributed by atoms with Gasteiger partial charge in [-0.25, -0.2) is 0 Å². The average Bonchev–Trinajstić information content (AvgIpc) is 3.28. The van der Waals surface area contributed by atoms with E-state index in [1.165, 1.54) is 245 Å². The summed E-state index contributed by atoms with van der Waals surface area (Å²) in [4.78, 5) is 24.4. The molecule has 0 aliphatic rings. The number of hydrogen-bond acceptors (Lipinski definition) is 4. The second-order valence-electron chi connectivity index (χ2n) is 19.6. The Labute approximate surface area is 390 Å². The van der Waals surface area contributed by atoms with Gasteiger partial charge in [-0.05, 0) is 51.4 Å². The van der Waals surface area contributed by atoms with Crippen LogP contribution in [0.1, 0.15) is 287 Å². The molecule has 6 heteroatoms. The molecule has 0 aliphatic heterocycles. The molecule has 0 aliphatic carbocycles. The van der Waals surface area contributed by atoms with E-state index < -0.39 is 0 Å². The second-order valence-corrected chi connectivity index (χ2v) is 19.6. The van der Waals surface area contributed by atoms with E-state index >= 15 is 0 Å². The van der Waals surface area contributed by atoms with Gasteiger partial charge in [-0.2, -0.15) is 0 Å². The highest BCUT2D eigenvalue weighted by Crippen LogP contribution is 2.18. The Kier molecular flexibility index (Phi) is 50.0. The lowest BCUT2D eigenvalue weighted by Gasteiger charge is -2.39. The molecule has 6 nitrogen and oxygen atoms in total. The highest BCUT2D eigenvalue weighted by atomic mass is 16.5. The maximum Gasteiger partial charge on any atom is 0.305 e. The summed E-state index contributed by atoms with van der Waals surface area (Å²) in [7, 11) is 0. The molecular weight excluding hydrogens is 765 g/mol. The number of ether oxygens (including phenoxy) is 2. The van der Waals surface area contributed by atoms with Gasteiger partial charge in [0.15, 0.2) is 0 Å². The van der Waals surface area contributed by atoms with Crippen LogP contribution in [0.3, 0.4) is 0 Å². The minimum atomic E-state index is 0.0209. The number of rotatable bonds is 48. The first-order valence-electron chi connectivity index (χ1n) is 28.3. The SMILES string of the molecule is CCCCCCCCCCCC(=O)OCC[N+](CCCC)(CCCC)CCCC.CCCCCCCCCCCCCCCC(=O)OCC[N+](CCCC)(CCCC)CCCC. The number of quaternary nitrogens is 2. The van der Waals surface area contributed by atoms with Crippen LogP contribution in [-0.4, -0.2) is 86.5 Å². The van der Waals surface area contributed by atoms with Gasteiger partial charge in [0, 0.05) is 12.8 Å². The molecular formula is C56H116N2O4+2. The summed E-state index contributed by atoms with van der Waals surface area (Å²) in [5, 5.41) is 0. The third kappa shape index (κ3) is 41.6. The zero-order valence-electron chi connectivity index (χ0n) is 44.1. The van der Waals surface area contributed by atoms with E-state index in [0.717, 1.165) is 34.9 Å². The van der Waals surface area contributed by atoms with Crippen molar-refractivity contribution in [3.8, 4) is 0 Å². The topological polar surface area (TPSA) is 52.6 Å². The molecule has 0 N–H and O–H groups in total. The fourth-order valence-corrected chi connectivity index (χ4v) is 9.02. The molecule has 372 valence electrons. The number of hydrogen-bond donors (Lipinski definition) is 0. The van der Waals surface area contributed by atoms with Crippen LogP contribution in [0.4, 0.5) is 0 Å². The fourth-order valence-electron chi connectivity index (χ4n) is 9.02. The first-order chi connectivity index (χ1) is 30.3. The normalized spacial score (nSPS) is 11.7. The van der Waals surface area contributed by atoms with Crippen LogP contribution in [0.15, 0.2) is 0 Å². The third-order valence-electron chi connectivity index (χ3n) is 13.5. The van der Waals surface area contributed by atoms with E-state index in [1.54, 1.807) is 0 Å². The zero-order valence-corrected chi connectivity index (χ0v) is 44.1. The molecule has 0 unspecified atom stereocenters. The number of nitrogens with zero attached hydrogens (tertiary/aromatic N) is 2. The quantitative estimate of drug-likeness (QED) is 0.0347. The predicted molar refractivity (Wildman–Crippen MR) is 273 cm³/mol. The van der Waals surface area contributed by atoms with E-state index in [2.05, 4.69) is 55.4 Å². The molecule has 0 radical (unpaired) electrons. The number of unbranched alkanes of at least 4 members (excludes halogenated alkanes) is 26. The first-order valence-corrected chi connectivity index (χ1v) is 28.3. The molecule has 0 spiro atoms. The Morgan fingerprint density at radius 3 is 0.661 bits per heavy atom. The van der Waals surface area contributed by atoms with E-state index in [4.69, 9.17) is 9.47 Å². The highest BCUT2D eigenvalue weighted by molar-refractivity contribution is 5.69. The van der Waals surface area contributed by atoms with Crippen molar-refractivity contribution < 1.29 is 28.0 Å². The largest absolute Gasteiger partial charge is 0.460 e. The Balaban J connectivity index is 0. The Morgan fingerprint density at radius 2 is 0.452 bits per heavy atom. The van der Waals surface area contributed by atoms with Gasteiger partial charge in [0.25, 0.3) is 0 Å². The van der Waals surface area contributed by atoms with Crippen molar-refractivity contribution in [2.24, 2.45) is 0 Å². The average molecular weight is 882 g/mol. The monoisotopic (exact) mass is 881 g/mol. The smallest absolute Gasteiger partial charge is 0.305 e. The van der Waals surface area contributed by atoms with Gasteiger partial charge in [-0.15, -0.1) is 0 Å². The van der Waals surface area contributed by atoms with Gasteiger partial charge < -0.3 is 18.4 Å². The highest BCUT2D eigenvalue weighted by Gasteiger charge is 2.27. The van der Waals surface area contributed by atoms with Crippen LogP contribution < -0.4 is 0 Å². The van der Waals surface area contributed by atoms with Crippen LogP contribution in [0.5, 0.6) is 0 Å². The van der Waals surface area contributed by atoms with Crippen molar-refractivity contribution >= 4 is 11.9 Å². The summed E-state index contributed by atoms with van der Waals surface area (Å²) >= 11 is 0. The van der Waals surface area contributed by atoms with E-state index in [0.29, 0.717) is 26.1 Å². The maximum atomic E-state index is 12.2. The van der Waals surface area contributed by atoms with Crippen LogP contribution in [0.2, 0.25) is 0 Å². The van der Waals surface area contributed by atoms with Crippen molar-refractivity contribution in [3.63, 3.8) is 0 Å². The number of carbonyl (C=O) groups is 2. The summed E-state index contributed by atoms with van der Waals surface area (Å²) in [5.74, 6) is 0.0465. The Morgan fingerprint density at radius 1 is 0.258 bits per heavy atom. The molecule has 0 amide bonds. The second kappa shape index (κ2) is 49.3. The van der Waals surface area contributed by atoms with Gasteiger partial charge in [-0.1, -0.05) is 222 Å². The van der Waals surface area contributed by atoms with Crippen molar-refractivity contribution in [2.75, 3.05) is 65.6 Å². The molecule has 0 aromatic carbocycles. The van der Waals surface area contributed by atoms with Gasteiger partial charge in [0.2, 0.25) is 0 Å². The fraction of sp³-hybridized carbons (Fsp3) is 0.964. The molecule has 0 rings (SSSR count). The van der Waals surface area contributed by atoms with Gasteiger partial charge >= 0.3 is 11.9 Å². The molecule has 0 aromatic rings. The summed E-state index contributed by atoms with van der Waals surface area (Å²) in [6, 6.07) is 0. The van der Waals surface area contributed by atoms with Crippen LogP contribution in [0.25, 0.3) is 0 Å². The molecule has 0 aromatic heterocycles. The number of carbonyl (C=O) groups excluding carboxylic acids is 2. The lowest BCUT2D eigenvalue weighted by atomic mass is 10.0. The number of esters is 2. The van der Waals surface area contributed by atoms with Crippen LogP contribution in [0, 0.1) is 0 Å². The zero-order chi connectivity index (χ0) is 46.1. The summed E-state index contributed by atoms with van der Waals surface area (Å²) in [6.07, 6.45) is 45.3. The minimum Gasteiger partial charge on any atom is -0.460 e. The molecule has 0 bridgehead atoms. The standard InChI is InChI=1S/C30H62NO2.C26H54NO2/c1-5-9-13-14-15-16-17-18-19-20-21-22-23-24-30(32)33-29-28-31(25-10-6-2,26-11-7-3)27-12-8-4;1-5-9-13-14-15-16-17-18-19-20-26(28)29-25-24-27(21-10-6-2,22-11-7-3)23-12-8-4/h5-29H2,1-4H3;5-25H2,1-4H3/q2*+1. The molecule has 0 saturated carbocycles.